The van der Waals surface area contributed by atoms with Crippen LogP contribution in [0.25, 0.3) is 0 Å². The number of amides is 1. The summed E-state index contributed by atoms with van der Waals surface area (Å²) in [5.41, 5.74) is 3.80. The third-order valence-electron chi connectivity index (χ3n) is 4.55. The maximum Gasteiger partial charge on any atom is 0.230 e. The molecule has 0 spiro atoms. The monoisotopic (exact) mass is 375 g/mol. The summed E-state index contributed by atoms with van der Waals surface area (Å²) in [5.74, 6) is 0.822. The fourth-order valence-electron chi connectivity index (χ4n) is 3.09. The Labute approximate surface area is 166 Å². The van der Waals surface area contributed by atoms with Crippen LogP contribution in [-0.4, -0.2) is 18.2 Å². The van der Waals surface area contributed by atoms with Gasteiger partial charge in [0.1, 0.15) is 0 Å². The standard InChI is InChI=1S/C24H25NOS/c1-19-12-14-22(15-13-19)27-18-24(26)25-17-16-23(20-8-4-2-5-9-20)21-10-6-3-7-11-21/h2-15,23H,16-18H2,1H3,(H,25,26). The van der Waals surface area contributed by atoms with Crippen molar-refractivity contribution >= 4 is 17.7 Å². The van der Waals surface area contributed by atoms with Gasteiger partial charge in [-0.05, 0) is 36.6 Å². The first-order chi connectivity index (χ1) is 13.2. The maximum atomic E-state index is 12.2. The molecule has 27 heavy (non-hydrogen) atoms. The van der Waals surface area contributed by atoms with E-state index >= 15 is 0 Å². The lowest BCUT2D eigenvalue weighted by atomic mass is 9.88. The minimum absolute atomic E-state index is 0.0837. The molecule has 3 aromatic rings. The van der Waals surface area contributed by atoms with E-state index in [1.165, 1.54) is 16.7 Å². The smallest absolute Gasteiger partial charge is 0.230 e. The van der Waals surface area contributed by atoms with E-state index in [1.54, 1.807) is 11.8 Å². The number of rotatable bonds is 8. The average Bonchev–Trinajstić information content (AvgIpc) is 2.72. The SMILES string of the molecule is Cc1ccc(SCC(=O)NCCC(c2ccccc2)c2ccccc2)cc1. The number of nitrogens with one attached hydrogen (secondary N) is 1. The van der Waals surface area contributed by atoms with Crippen LogP contribution in [0.5, 0.6) is 0 Å². The van der Waals surface area contributed by atoms with Gasteiger partial charge in [0, 0.05) is 17.4 Å². The molecule has 0 saturated heterocycles. The van der Waals surface area contributed by atoms with Crippen LogP contribution in [0.15, 0.2) is 89.8 Å². The van der Waals surface area contributed by atoms with Crippen LogP contribution in [0.3, 0.4) is 0 Å². The van der Waals surface area contributed by atoms with Crippen LogP contribution in [-0.2, 0) is 4.79 Å². The molecule has 3 rings (SSSR count). The highest BCUT2D eigenvalue weighted by atomic mass is 32.2. The first kappa shape index (κ1) is 19.2. The molecular weight excluding hydrogens is 350 g/mol. The van der Waals surface area contributed by atoms with Crippen LogP contribution in [0, 0.1) is 6.92 Å². The summed E-state index contributed by atoms with van der Waals surface area (Å²) in [6.07, 6.45) is 0.884. The van der Waals surface area contributed by atoms with Crippen molar-refractivity contribution in [2.45, 2.75) is 24.2 Å². The highest BCUT2D eigenvalue weighted by Crippen LogP contribution is 2.27. The van der Waals surface area contributed by atoms with E-state index in [0.717, 1.165) is 11.3 Å². The fourth-order valence-corrected chi connectivity index (χ4v) is 3.82. The molecule has 3 heteroatoms. The Kier molecular flexibility index (Phi) is 7.11. The number of aryl methyl sites for hydroxylation is 1. The van der Waals surface area contributed by atoms with E-state index in [-0.39, 0.29) is 11.8 Å². The van der Waals surface area contributed by atoms with Crippen molar-refractivity contribution in [1.82, 2.24) is 5.32 Å². The Hall–Kier alpha value is -2.52. The molecule has 138 valence electrons. The van der Waals surface area contributed by atoms with E-state index in [0.29, 0.717) is 12.3 Å². The summed E-state index contributed by atoms with van der Waals surface area (Å²) in [6.45, 7) is 2.73. The fraction of sp³-hybridized carbons (Fsp3) is 0.208. The lowest BCUT2D eigenvalue weighted by Gasteiger charge is -2.18. The van der Waals surface area contributed by atoms with E-state index < -0.39 is 0 Å². The van der Waals surface area contributed by atoms with E-state index in [9.17, 15) is 4.79 Å². The second-order valence-corrected chi connectivity index (χ2v) is 7.66. The van der Waals surface area contributed by atoms with Gasteiger partial charge in [-0.25, -0.2) is 0 Å². The molecule has 1 N–H and O–H groups in total. The Morgan fingerprint density at radius 2 is 1.41 bits per heavy atom. The number of benzene rings is 3. The largest absolute Gasteiger partial charge is 0.355 e. The Morgan fingerprint density at radius 3 is 1.96 bits per heavy atom. The molecule has 3 aromatic carbocycles. The van der Waals surface area contributed by atoms with Crippen LogP contribution < -0.4 is 5.32 Å². The van der Waals surface area contributed by atoms with Gasteiger partial charge < -0.3 is 5.32 Å². The first-order valence-corrected chi connectivity index (χ1v) is 10.3. The van der Waals surface area contributed by atoms with Crippen molar-refractivity contribution in [2.24, 2.45) is 0 Å². The number of hydrogen-bond acceptors (Lipinski definition) is 2. The topological polar surface area (TPSA) is 29.1 Å². The summed E-state index contributed by atoms with van der Waals surface area (Å²) in [5, 5.41) is 3.07. The van der Waals surface area contributed by atoms with E-state index in [4.69, 9.17) is 0 Å². The summed E-state index contributed by atoms with van der Waals surface area (Å²) in [7, 11) is 0. The number of carbonyl (C=O) groups excluding carboxylic acids is 1. The molecule has 1 amide bonds. The Morgan fingerprint density at radius 1 is 0.852 bits per heavy atom. The second kappa shape index (κ2) is 9.98. The highest BCUT2D eigenvalue weighted by Gasteiger charge is 2.14. The maximum absolute atomic E-state index is 12.2. The van der Waals surface area contributed by atoms with Crippen molar-refractivity contribution in [2.75, 3.05) is 12.3 Å². The van der Waals surface area contributed by atoms with E-state index in [1.807, 2.05) is 12.1 Å². The third kappa shape index (κ3) is 6.00. The summed E-state index contributed by atoms with van der Waals surface area (Å²) in [6, 6.07) is 29.3. The van der Waals surface area contributed by atoms with Crippen LogP contribution in [0.2, 0.25) is 0 Å². The number of thioether (sulfide) groups is 1. The van der Waals surface area contributed by atoms with Gasteiger partial charge in [-0.2, -0.15) is 0 Å². The molecule has 0 aliphatic heterocycles. The van der Waals surface area contributed by atoms with Crippen LogP contribution in [0.1, 0.15) is 29.0 Å². The van der Waals surface area contributed by atoms with Gasteiger partial charge in [0.25, 0.3) is 0 Å². The molecule has 0 radical (unpaired) electrons. The molecule has 0 saturated carbocycles. The van der Waals surface area contributed by atoms with Gasteiger partial charge in [0.15, 0.2) is 0 Å². The van der Waals surface area contributed by atoms with Gasteiger partial charge in [-0.3, -0.25) is 4.79 Å². The molecule has 0 aliphatic rings. The van der Waals surface area contributed by atoms with Crippen molar-refractivity contribution in [3.63, 3.8) is 0 Å². The third-order valence-corrected chi connectivity index (χ3v) is 5.56. The second-order valence-electron chi connectivity index (χ2n) is 6.61. The predicted molar refractivity (Wildman–Crippen MR) is 114 cm³/mol. The number of carbonyl (C=O) groups is 1. The molecule has 2 nitrogen and oxygen atoms in total. The van der Waals surface area contributed by atoms with Crippen molar-refractivity contribution < 1.29 is 4.79 Å². The van der Waals surface area contributed by atoms with Crippen LogP contribution in [0.4, 0.5) is 0 Å². The van der Waals surface area contributed by atoms with Gasteiger partial charge in [0.05, 0.1) is 5.75 Å². The van der Waals surface area contributed by atoms with Gasteiger partial charge >= 0.3 is 0 Å². The highest BCUT2D eigenvalue weighted by molar-refractivity contribution is 8.00. The van der Waals surface area contributed by atoms with Crippen molar-refractivity contribution in [1.29, 1.82) is 0 Å². The minimum atomic E-state index is 0.0837. The normalized spacial score (nSPS) is 10.7. The molecule has 0 bridgehead atoms. The molecule has 0 aromatic heterocycles. The molecule has 0 atom stereocenters. The summed E-state index contributed by atoms with van der Waals surface area (Å²) < 4.78 is 0. The summed E-state index contributed by atoms with van der Waals surface area (Å²) in [4.78, 5) is 13.3. The lowest BCUT2D eigenvalue weighted by Crippen LogP contribution is -2.27. The Balaban J connectivity index is 1.53. The van der Waals surface area contributed by atoms with E-state index in [2.05, 4.69) is 85.0 Å². The average molecular weight is 376 g/mol. The van der Waals surface area contributed by atoms with Gasteiger partial charge in [0.2, 0.25) is 5.91 Å². The molecule has 0 unspecified atom stereocenters. The molecule has 0 aliphatic carbocycles. The first-order valence-electron chi connectivity index (χ1n) is 9.28. The molecule has 0 fully saturated rings. The zero-order valence-electron chi connectivity index (χ0n) is 15.6. The zero-order valence-corrected chi connectivity index (χ0v) is 16.4. The lowest BCUT2D eigenvalue weighted by molar-refractivity contribution is -0.118. The van der Waals surface area contributed by atoms with Crippen molar-refractivity contribution in [3.8, 4) is 0 Å². The summed E-state index contributed by atoms with van der Waals surface area (Å²) >= 11 is 1.58. The van der Waals surface area contributed by atoms with Gasteiger partial charge in [-0.1, -0.05) is 78.4 Å². The Bertz CT molecular complexity index is 792. The van der Waals surface area contributed by atoms with Crippen molar-refractivity contribution in [3.05, 3.63) is 102 Å². The van der Waals surface area contributed by atoms with Crippen LogP contribution >= 0.6 is 11.8 Å². The predicted octanol–water partition coefficient (Wildman–Crippen LogP) is 5.43. The minimum Gasteiger partial charge on any atom is -0.355 e. The van der Waals surface area contributed by atoms with Gasteiger partial charge in [-0.15, -0.1) is 11.8 Å². The zero-order chi connectivity index (χ0) is 18.9. The quantitative estimate of drug-likeness (QED) is 0.532. The number of hydrogen-bond donors (Lipinski definition) is 1. The molecule has 0 heterocycles. The molecular formula is C24H25NOS.